The van der Waals surface area contributed by atoms with Gasteiger partial charge in [0.1, 0.15) is 10.0 Å². The smallest absolute Gasteiger partial charge is 0.243 e. The van der Waals surface area contributed by atoms with Gasteiger partial charge in [0.15, 0.2) is 0 Å². The van der Waals surface area contributed by atoms with Crippen LogP contribution in [0.15, 0.2) is 23.2 Å². The molecule has 1 unspecified atom stereocenters. The van der Waals surface area contributed by atoms with Crippen LogP contribution in [-0.4, -0.2) is 30.3 Å². The molecule has 0 amide bonds. The molecule has 96 valence electrons. The molecule has 6 heteroatoms. The predicted molar refractivity (Wildman–Crippen MR) is 68.6 cm³/mol. The van der Waals surface area contributed by atoms with Gasteiger partial charge in [-0.1, -0.05) is 25.4 Å². The lowest BCUT2D eigenvalue weighted by atomic mass is 10.3. The molecule has 0 aliphatic rings. The Balaban J connectivity index is 3.13. The van der Waals surface area contributed by atoms with E-state index in [9.17, 15) is 8.42 Å². The van der Waals surface area contributed by atoms with E-state index in [1.54, 1.807) is 0 Å². The van der Waals surface area contributed by atoms with Crippen molar-refractivity contribution in [3.05, 3.63) is 23.5 Å². The minimum atomic E-state index is -3.47. The van der Waals surface area contributed by atoms with Crippen molar-refractivity contribution < 1.29 is 8.42 Å². The van der Waals surface area contributed by atoms with Gasteiger partial charge in [-0.3, -0.25) is 0 Å². The van der Waals surface area contributed by atoms with Gasteiger partial charge in [0.05, 0.1) is 0 Å². The van der Waals surface area contributed by atoms with Crippen LogP contribution in [0.1, 0.15) is 27.2 Å². The zero-order valence-electron chi connectivity index (χ0n) is 10.2. The number of halogens is 1. The third kappa shape index (κ3) is 3.18. The number of nitrogens with zero attached hydrogens (tertiary/aromatic N) is 2. The van der Waals surface area contributed by atoms with Gasteiger partial charge in [0.2, 0.25) is 10.0 Å². The number of rotatable bonds is 5. The van der Waals surface area contributed by atoms with E-state index in [2.05, 4.69) is 4.98 Å². The van der Waals surface area contributed by atoms with Crippen LogP contribution in [0.2, 0.25) is 5.15 Å². The van der Waals surface area contributed by atoms with Crippen molar-refractivity contribution in [1.82, 2.24) is 9.29 Å². The Labute approximate surface area is 108 Å². The predicted octanol–water partition coefficient (Wildman–Crippen LogP) is 2.54. The van der Waals surface area contributed by atoms with Crippen molar-refractivity contribution in [2.24, 2.45) is 0 Å². The molecule has 0 aromatic carbocycles. The van der Waals surface area contributed by atoms with Gasteiger partial charge < -0.3 is 0 Å². The Morgan fingerprint density at radius 1 is 1.41 bits per heavy atom. The van der Waals surface area contributed by atoms with E-state index in [1.807, 2.05) is 20.8 Å². The number of sulfonamides is 1. The average Bonchev–Trinajstić information content (AvgIpc) is 2.29. The highest BCUT2D eigenvalue weighted by Gasteiger charge is 2.26. The van der Waals surface area contributed by atoms with Crippen LogP contribution in [0, 0.1) is 0 Å². The number of pyridine rings is 1. The van der Waals surface area contributed by atoms with Crippen molar-refractivity contribution in [2.45, 2.75) is 38.1 Å². The minimum absolute atomic E-state index is 0.0271. The fourth-order valence-electron chi connectivity index (χ4n) is 1.57. The van der Waals surface area contributed by atoms with Crippen LogP contribution in [0.3, 0.4) is 0 Å². The molecule has 0 saturated carbocycles. The molecular formula is C11H17ClN2O2S. The number of hydrogen-bond acceptors (Lipinski definition) is 3. The summed E-state index contributed by atoms with van der Waals surface area (Å²) < 4.78 is 26.1. The molecule has 17 heavy (non-hydrogen) atoms. The topological polar surface area (TPSA) is 50.3 Å². The monoisotopic (exact) mass is 276 g/mol. The molecule has 1 rings (SSSR count). The summed E-state index contributed by atoms with van der Waals surface area (Å²) in [7, 11) is -3.47. The van der Waals surface area contributed by atoms with Gasteiger partial charge in [-0.25, -0.2) is 13.4 Å². The van der Waals surface area contributed by atoms with E-state index in [0.717, 1.165) is 6.42 Å². The summed E-state index contributed by atoms with van der Waals surface area (Å²) in [6.07, 6.45) is 2.07. The quantitative estimate of drug-likeness (QED) is 0.777. The standard InChI is InChI=1S/C11H17ClN2O2S/c1-4-9(3)14(5-2)17(15,16)10-6-7-11(12)13-8-10/h6-9H,4-5H2,1-3H3. The second-order valence-electron chi connectivity index (χ2n) is 3.78. The van der Waals surface area contributed by atoms with Crippen molar-refractivity contribution in [2.75, 3.05) is 6.54 Å². The zero-order chi connectivity index (χ0) is 13.1. The van der Waals surface area contributed by atoms with E-state index >= 15 is 0 Å². The summed E-state index contributed by atoms with van der Waals surface area (Å²) in [6.45, 7) is 6.13. The van der Waals surface area contributed by atoms with Gasteiger partial charge in [-0.05, 0) is 25.5 Å². The van der Waals surface area contributed by atoms with Crippen LogP contribution < -0.4 is 0 Å². The zero-order valence-corrected chi connectivity index (χ0v) is 11.8. The molecule has 4 nitrogen and oxygen atoms in total. The molecule has 0 spiro atoms. The Morgan fingerprint density at radius 2 is 2.06 bits per heavy atom. The van der Waals surface area contributed by atoms with Gasteiger partial charge >= 0.3 is 0 Å². The third-order valence-corrected chi connectivity index (χ3v) is 5.00. The minimum Gasteiger partial charge on any atom is -0.243 e. The molecule has 0 aliphatic carbocycles. The number of aromatic nitrogens is 1. The normalized spacial score (nSPS) is 13.9. The first-order valence-electron chi connectivity index (χ1n) is 5.56. The van der Waals surface area contributed by atoms with E-state index in [-0.39, 0.29) is 16.1 Å². The lowest BCUT2D eigenvalue weighted by Gasteiger charge is -2.26. The molecule has 1 aromatic heterocycles. The van der Waals surface area contributed by atoms with Crippen molar-refractivity contribution in [1.29, 1.82) is 0 Å². The largest absolute Gasteiger partial charge is 0.244 e. The fraction of sp³-hybridized carbons (Fsp3) is 0.545. The highest BCUT2D eigenvalue weighted by Crippen LogP contribution is 2.19. The molecule has 1 atom stereocenters. The highest BCUT2D eigenvalue weighted by molar-refractivity contribution is 7.89. The van der Waals surface area contributed by atoms with Gasteiger partial charge in [0.25, 0.3) is 0 Å². The van der Waals surface area contributed by atoms with E-state index in [1.165, 1.54) is 22.6 Å². The molecule has 0 fully saturated rings. The first-order valence-corrected chi connectivity index (χ1v) is 7.38. The first kappa shape index (κ1) is 14.4. The molecule has 0 radical (unpaired) electrons. The molecule has 0 bridgehead atoms. The van der Waals surface area contributed by atoms with Crippen molar-refractivity contribution >= 4 is 21.6 Å². The van der Waals surface area contributed by atoms with Crippen LogP contribution in [-0.2, 0) is 10.0 Å². The summed E-state index contributed by atoms with van der Waals surface area (Å²) in [6, 6.07) is 2.94. The Hall–Kier alpha value is -0.650. The maximum Gasteiger partial charge on any atom is 0.244 e. The maximum atomic E-state index is 12.3. The molecule has 1 heterocycles. The summed E-state index contributed by atoms with van der Waals surface area (Å²) in [5, 5.41) is 0.288. The Kier molecular flexibility index (Phi) is 4.91. The van der Waals surface area contributed by atoms with Crippen molar-refractivity contribution in [3.63, 3.8) is 0 Å². The number of hydrogen-bond donors (Lipinski definition) is 0. The van der Waals surface area contributed by atoms with E-state index in [4.69, 9.17) is 11.6 Å². The molecule has 0 saturated heterocycles. The van der Waals surface area contributed by atoms with Crippen LogP contribution in [0.4, 0.5) is 0 Å². The SMILES string of the molecule is CCC(C)N(CC)S(=O)(=O)c1ccc(Cl)nc1. The molecule has 0 aliphatic heterocycles. The second-order valence-corrected chi connectivity index (χ2v) is 6.06. The van der Waals surface area contributed by atoms with Gasteiger partial charge in [-0.15, -0.1) is 0 Å². The first-order chi connectivity index (χ1) is 7.93. The Morgan fingerprint density at radius 3 is 2.47 bits per heavy atom. The van der Waals surface area contributed by atoms with Gasteiger partial charge in [-0.2, -0.15) is 4.31 Å². The fourth-order valence-corrected chi connectivity index (χ4v) is 3.34. The van der Waals surface area contributed by atoms with E-state index in [0.29, 0.717) is 6.54 Å². The average molecular weight is 277 g/mol. The van der Waals surface area contributed by atoms with Crippen LogP contribution in [0.25, 0.3) is 0 Å². The third-order valence-electron chi connectivity index (χ3n) is 2.70. The second kappa shape index (κ2) is 5.80. The van der Waals surface area contributed by atoms with Gasteiger partial charge in [0, 0.05) is 18.8 Å². The lowest BCUT2D eigenvalue weighted by Crippen LogP contribution is -2.38. The highest BCUT2D eigenvalue weighted by atomic mass is 35.5. The molecule has 0 N–H and O–H groups in total. The van der Waals surface area contributed by atoms with Crippen LogP contribution >= 0.6 is 11.6 Å². The Bertz CT molecular complexity index is 459. The lowest BCUT2D eigenvalue weighted by molar-refractivity contribution is 0.342. The summed E-state index contributed by atoms with van der Waals surface area (Å²) in [4.78, 5) is 3.99. The maximum absolute atomic E-state index is 12.3. The van der Waals surface area contributed by atoms with E-state index < -0.39 is 10.0 Å². The molecule has 1 aromatic rings. The summed E-state index contributed by atoms with van der Waals surface area (Å²) in [5.74, 6) is 0. The summed E-state index contributed by atoms with van der Waals surface area (Å²) >= 11 is 5.65. The van der Waals surface area contributed by atoms with Crippen LogP contribution in [0.5, 0.6) is 0 Å². The molecular weight excluding hydrogens is 260 g/mol. The summed E-state index contributed by atoms with van der Waals surface area (Å²) in [5.41, 5.74) is 0. The van der Waals surface area contributed by atoms with Crippen molar-refractivity contribution in [3.8, 4) is 0 Å².